The van der Waals surface area contributed by atoms with Crippen LogP contribution in [0.3, 0.4) is 0 Å². The van der Waals surface area contributed by atoms with Gasteiger partial charge in [-0.2, -0.15) is 0 Å². The van der Waals surface area contributed by atoms with Crippen LogP contribution in [-0.4, -0.2) is 47.9 Å². The van der Waals surface area contributed by atoms with Crippen molar-refractivity contribution in [1.82, 2.24) is 29.4 Å². The van der Waals surface area contributed by atoms with Crippen molar-refractivity contribution >= 4 is 43.6 Å². The predicted octanol–water partition coefficient (Wildman–Crippen LogP) is 6.95. The van der Waals surface area contributed by atoms with Gasteiger partial charge < -0.3 is 9.47 Å². The molecule has 7 rings (SSSR count). The Kier molecular flexibility index (Phi) is 6.42. The molecule has 7 nitrogen and oxygen atoms in total. The number of carbonyl (C=O) groups is 1. The Balaban J connectivity index is 1.14. The maximum atomic E-state index is 14.1. The molecule has 1 fully saturated rings. The van der Waals surface area contributed by atoms with Gasteiger partial charge in [0, 0.05) is 33.9 Å². The molecule has 1 aliphatic rings. The Labute approximate surface area is 250 Å². The topological polar surface area (TPSA) is 68.8 Å². The highest BCUT2D eigenvalue weighted by Gasteiger charge is 2.48. The number of hydrogen-bond acceptors (Lipinski definition) is 4. The minimum absolute atomic E-state index is 0.0970. The number of rotatable bonds is 6. The number of nitrogens with zero attached hydrogens (tertiary/aromatic N) is 6. The Hall–Kier alpha value is -4.37. The highest BCUT2D eigenvalue weighted by molar-refractivity contribution is 9.10. The zero-order valence-electron chi connectivity index (χ0n) is 23.2. The minimum Gasteiger partial charge on any atom is -0.334 e. The summed E-state index contributed by atoms with van der Waals surface area (Å²) in [4.78, 5) is 19.9. The number of pyridine rings is 1. The van der Waals surface area contributed by atoms with Crippen molar-refractivity contribution in [3.8, 4) is 11.3 Å². The van der Waals surface area contributed by atoms with E-state index in [1.807, 2.05) is 40.0 Å². The standard InChI is InChI=1S/C33H28BrFN6O/c1-33(2)20-41(32(42)26-15-13-22-12-14-25(35)30(34)31(22)36-26)29(33)19-39-17-24(37-38-39)18-40-27-11-7-6-10-23(27)16-28(40)21-8-4-3-5-9-21/h3-17,29H,18-20H2,1-2H3. The van der Waals surface area contributed by atoms with Crippen molar-refractivity contribution in [2.24, 2.45) is 5.41 Å². The monoisotopic (exact) mass is 622 g/mol. The largest absolute Gasteiger partial charge is 0.334 e. The molecule has 0 saturated carbocycles. The second-order valence-corrected chi connectivity index (χ2v) is 12.3. The molecule has 0 radical (unpaired) electrons. The molecule has 1 saturated heterocycles. The molecule has 4 heterocycles. The maximum Gasteiger partial charge on any atom is 0.272 e. The summed E-state index contributed by atoms with van der Waals surface area (Å²) in [5.41, 5.74) is 4.86. The van der Waals surface area contributed by atoms with E-state index in [0.717, 1.165) is 27.9 Å². The fraction of sp³-hybridized carbons (Fsp3) is 0.212. The quantitative estimate of drug-likeness (QED) is 0.202. The van der Waals surface area contributed by atoms with Crippen molar-refractivity contribution in [3.05, 3.63) is 113 Å². The lowest BCUT2D eigenvalue weighted by molar-refractivity contribution is -0.0398. The van der Waals surface area contributed by atoms with Gasteiger partial charge in [0.25, 0.3) is 5.91 Å². The molecular weight excluding hydrogens is 595 g/mol. The molecule has 210 valence electrons. The van der Waals surface area contributed by atoms with Crippen LogP contribution in [0.4, 0.5) is 4.39 Å². The molecule has 1 atom stereocenters. The number of fused-ring (bicyclic) bond motifs is 2. The van der Waals surface area contributed by atoms with E-state index in [4.69, 9.17) is 0 Å². The second kappa shape index (κ2) is 10.2. The number of para-hydroxylation sites is 1. The van der Waals surface area contributed by atoms with Gasteiger partial charge in [0.2, 0.25) is 0 Å². The molecular formula is C33H28BrFN6O. The van der Waals surface area contributed by atoms with E-state index in [9.17, 15) is 9.18 Å². The van der Waals surface area contributed by atoms with E-state index in [1.54, 1.807) is 18.2 Å². The van der Waals surface area contributed by atoms with Crippen LogP contribution in [0.5, 0.6) is 0 Å². The zero-order valence-corrected chi connectivity index (χ0v) is 24.8. The van der Waals surface area contributed by atoms with Gasteiger partial charge >= 0.3 is 0 Å². The third-order valence-corrected chi connectivity index (χ3v) is 8.99. The first-order valence-electron chi connectivity index (χ1n) is 13.9. The van der Waals surface area contributed by atoms with Crippen LogP contribution >= 0.6 is 15.9 Å². The molecule has 42 heavy (non-hydrogen) atoms. The van der Waals surface area contributed by atoms with Gasteiger partial charge in [-0.25, -0.2) is 9.37 Å². The van der Waals surface area contributed by atoms with E-state index in [0.29, 0.717) is 30.8 Å². The van der Waals surface area contributed by atoms with Crippen molar-refractivity contribution in [3.63, 3.8) is 0 Å². The van der Waals surface area contributed by atoms with Gasteiger partial charge in [0.15, 0.2) is 0 Å². The highest BCUT2D eigenvalue weighted by atomic mass is 79.9. The Bertz CT molecular complexity index is 1960. The average molecular weight is 624 g/mol. The van der Waals surface area contributed by atoms with Crippen molar-refractivity contribution in [1.29, 1.82) is 0 Å². The number of halogens is 2. The smallest absolute Gasteiger partial charge is 0.272 e. The number of aromatic nitrogens is 5. The first-order chi connectivity index (χ1) is 20.3. The van der Waals surface area contributed by atoms with Crippen LogP contribution in [0.1, 0.15) is 30.0 Å². The lowest BCUT2D eigenvalue weighted by Crippen LogP contribution is -2.65. The number of hydrogen-bond donors (Lipinski definition) is 0. The van der Waals surface area contributed by atoms with E-state index in [2.05, 4.69) is 86.0 Å². The van der Waals surface area contributed by atoms with E-state index in [1.165, 1.54) is 11.5 Å². The highest BCUT2D eigenvalue weighted by Crippen LogP contribution is 2.39. The van der Waals surface area contributed by atoms with Crippen molar-refractivity contribution in [2.75, 3.05) is 6.54 Å². The first kappa shape index (κ1) is 26.5. The summed E-state index contributed by atoms with van der Waals surface area (Å²) in [6.07, 6.45) is 1.97. The van der Waals surface area contributed by atoms with E-state index in [-0.39, 0.29) is 21.8 Å². The molecule has 3 aromatic carbocycles. The normalized spacial score (nSPS) is 16.2. The first-order valence-corrected chi connectivity index (χ1v) is 14.7. The average Bonchev–Trinajstić information content (AvgIpc) is 3.61. The van der Waals surface area contributed by atoms with Crippen LogP contribution in [0.2, 0.25) is 0 Å². The third kappa shape index (κ3) is 4.58. The van der Waals surface area contributed by atoms with Gasteiger partial charge in [-0.1, -0.05) is 73.7 Å². The second-order valence-electron chi connectivity index (χ2n) is 11.5. The summed E-state index contributed by atoms with van der Waals surface area (Å²) in [6, 6.07) is 27.4. The summed E-state index contributed by atoms with van der Waals surface area (Å²) in [5, 5.41) is 10.9. The molecule has 1 amide bonds. The lowest BCUT2D eigenvalue weighted by Gasteiger charge is -2.54. The third-order valence-electron chi connectivity index (χ3n) is 8.24. The van der Waals surface area contributed by atoms with Gasteiger partial charge in [-0.3, -0.25) is 9.48 Å². The molecule has 0 bridgehead atoms. The fourth-order valence-corrected chi connectivity index (χ4v) is 6.44. The number of likely N-dealkylation sites (tertiary alicyclic amines) is 1. The summed E-state index contributed by atoms with van der Waals surface area (Å²) in [5.74, 6) is -0.586. The van der Waals surface area contributed by atoms with Gasteiger partial charge in [0.05, 0.1) is 35.3 Å². The van der Waals surface area contributed by atoms with Crippen LogP contribution in [0.25, 0.3) is 33.1 Å². The SMILES string of the molecule is CC1(C)CN(C(=O)c2ccc3ccc(F)c(Br)c3n2)C1Cn1cc(Cn2c(-c3ccccc3)cc3ccccc32)nn1. The number of benzene rings is 3. The molecule has 0 N–H and O–H groups in total. The maximum absolute atomic E-state index is 14.1. The summed E-state index contributed by atoms with van der Waals surface area (Å²) < 4.78 is 18.5. The Morgan fingerprint density at radius 1 is 1.00 bits per heavy atom. The van der Waals surface area contributed by atoms with Crippen LogP contribution in [0.15, 0.2) is 95.6 Å². The van der Waals surface area contributed by atoms with Gasteiger partial charge in [-0.15, -0.1) is 5.10 Å². The van der Waals surface area contributed by atoms with Crippen LogP contribution < -0.4 is 0 Å². The van der Waals surface area contributed by atoms with Gasteiger partial charge in [0.1, 0.15) is 17.2 Å². The van der Waals surface area contributed by atoms with Crippen molar-refractivity contribution < 1.29 is 9.18 Å². The Morgan fingerprint density at radius 3 is 2.57 bits per heavy atom. The molecule has 0 aliphatic carbocycles. The molecule has 6 aromatic rings. The fourth-order valence-electron chi connectivity index (χ4n) is 5.99. The summed E-state index contributed by atoms with van der Waals surface area (Å²) >= 11 is 3.28. The summed E-state index contributed by atoms with van der Waals surface area (Å²) in [7, 11) is 0. The molecule has 0 spiro atoms. The molecule has 1 unspecified atom stereocenters. The van der Waals surface area contributed by atoms with Crippen LogP contribution in [0, 0.1) is 11.2 Å². The van der Waals surface area contributed by atoms with Gasteiger partial charge in [-0.05, 0) is 51.8 Å². The molecule has 9 heteroatoms. The predicted molar refractivity (Wildman–Crippen MR) is 165 cm³/mol. The molecule has 3 aromatic heterocycles. The lowest BCUT2D eigenvalue weighted by atomic mass is 9.74. The Morgan fingerprint density at radius 2 is 1.76 bits per heavy atom. The van der Waals surface area contributed by atoms with Crippen molar-refractivity contribution in [2.45, 2.75) is 33.0 Å². The molecule has 1 aliphatic heterocycles. The minimum atomic E-state index is -0.409. The van der Waals surface area contributed by atoms with E-state index < -0.39 is 5.82 Å². The summed E-state index contributed by atoms with van der Waals surface area (Å²) in [6.45, 7) is 5.97. The van der Waals surface area contributed by atoms with Crippen LogP contribution in [-0.2, 0) is 13.1 Å². The number of amides is 1. The zero-order chi connectivity index (χ0) is 29.0. The van der Waals surface area contributed by atoms with E-state index >= 15 is 0 Å². The number of carbonyl (C=O) groups excluding carboxylic acids is 1.